The van der Waals surface area contributed by atoms with Crippen LogP contribution in [0.2, 0.25) is 10.0 Å². The fraction of sp³-hybridized carbons (Fsp3) is 0.125. The zero-order valence-corrected chi connectivity index (χ0v) is 19.3. The molecule has 0 saturated heterocycles. The summed E-state index contributed by atoms with van der Waals surface area (Å²) in [7, 11) is 1.44. The molecule has 0 fully saturated rings. The summed E-state index contributed by atoms with van der Waals surface area (Å²) in [5.74, 6) is -0.0546. The molecule has 1 amide bonds. The fourth-order valence-corrected chi connectivity index (χ4v) is 3.08. The van der Waals surface area contributed by atoms with E-state index in [1.54, 1.807) is 73.7 Å². The van der Waals surface area contributed by atoms with Gasteiger partial charge in [0.1, 0.15) is 5.75 Å². The van der Waals surface area contributed by atoms with Crippen molar-refractivity contribution >= 4 is 41.3 Å². The lowest BCUT2D eigenvalue weighted by Gasteiger charge is -2.13. The summed E-state index contributed by atoms with van der Waals surface area (Å²) in [6.45, 7) is 1.59. The van der Waals surface area contributed by atoms with Crippen molar-refractivity contribution in [2.75, 3.05) is 7.11 Å². The SMILES string of the molecule is COc1cc(C=NNC(=O)C(C)Oc2cccc(Cl)c2)ccc1OC(=O)c1ccccc1Cl. The van der Waals surface area contributed by atoms with Gasteiger partial charge in [0.15, 0.2) is 17.6 Å². The Bertz CT molecular complexity index is 1180. The van der Waals surface area contributed by atoms with Crippen molar-refractivity contribution in [2.45, 2.75) is 13.0 Å². The number of esters is 1. The highest BCUT2D eigenvalue weighted by Crippen LogP contribution is 2.29. The molecule has 0 aliphatic carbocycles. The van der Waals surface area contributed by atoms with Gasteiger partial charge in [-0.3, -0.25) is 4.79 Å². The van der Waals surface area contributed by atoms with Gasteiger partial charge in [0.2, 0.25) is 0 Å². The van der Waals surface area contributed by atoms with E-state index in [9.17, 15) is 9.59 Å². The lowest BCUT2D eigenvalue weighted by molar-refractivity contribution is -0.127. The third-order valence-corrected chi connectivity index (χ3v) is 4.92. The smallest absolute Gasteiger partial charge is 0.345 e. The molecular weight excluding hydrogens is 467 g/mol. The molecule has 0 radical (unpaired) electrons. The normalized spacial score (nSPS) is 11.6. The van der Waals surface area contributed by atoms with Crippen LogP contribution in [-0.4, -0.2) is 31.3 Å². The van der Waals surface area contributed by atoms with Gasteiger partial charge in [-0.2, -0.15) is 5.10 Å². The Morgan fingerprint density at radius 2 is 1.79 bits per heavy atom. The van der Waals surface area contributed by atoms with Crippen molar-refractivity contribution in [3.8, 4) is 17.2 Å². The number of ether oxygens (including phenoxy) is 3. The quantitative estimate of drug-likeness (QED) is 0.206. The first-order valence-electron chi connectivity index (χ1n) is 9.77. The van der Waals surface area contributed by atoms with Gasteiger partial charge in [-0.05, 0) is 61.0 Å². The van der Waals surface area contributed by atoms with E-state index >= 15 is 0 Å². The first-order valence-corrected chi connectivity index (χ1v) is 10.5. The molecule has 7 nitrogen and oxygen atoms in total. The number of amides is 1. The van der Waals surface area contributed by atoms with Crippen LogP contribution in [-0.2, 0) is 4.79 Å². The van der Waals surface area contributed by atoms with Gasteiger partial charge in [0, 0.05) is 5.02 Å². The maximum Gasteiger partial charge on any atom is 0.345 e. The van der Waals surface area contributed by atoms with E-state index in [1.807, 2.05) is 0 Å². The predicted molar refractivity (Wildman–Crippen MR) is 127 cm³/mol. The van der Waals surface area contributed by atoms with Gasteiger partial charge in [-0.15, -0.1) is 0 Å². The van der Waals surface area contributed by atoms with Crippen molar-refractivity contribution in [3.05, 3.63) is 87.9 Å². The molecule has 0 aliphatic heterocycles. The highest BCUT2D eigenvalue weighted by atomic mass is 35.5. The molecule has 170 valence electrons. The topological polar surface area (TPSA) is 86.2 Å². The maximum atomic E-state index is 12.4. The number of halogens is 2. The minimum absolute atomic E-state index is 0.215. The second-order valence-corrected chi connectivity index (χ2v) is 7.58. The van der Waals surface area contributed by atoms with Crippen LogP contribution in [0, 0.1) is 0 Å². The van der Waals surface area contributed by atoms with Crippen LogP contribution >= 0.6 is 23.2 Å². The standard InChI is InChI=1S/C24H20Cl2N2O5/c1-15(32-18-7-5-6-17(25)13-18)23(29)28-27-14-16-10-11-21(22(12-16)31-2)33-24(30)19-8-3-4-9-20(19)26/h3-15H,1-2H3,(H,28,29). The molecular formula is C24H20Cl2N2O5. The van der Waals surface area contributed by atoms with Crippen LogP contribution in [0.25, 0.3) is 0 Å². The molecule has 0 aromatic heterocycles. The molecule has 0 heterocycles. The number of methoxy groups -OCH3 is 1. The average molecular weight is 487 g/mol. The molecule has 1 unspecified atom stereocenters. The molecule has 0 bridgehead atoms. The molecule has 3 aromatic rings. The number of carbonyl (C=O) groups is 2. The Morgan fingerprint density at radius 1 is 1.00 bits per heavy atom. The van der Waals surface area contributed by atoms with Crippen molar-refractivity contribution in [3.63, 3.8) is 0 Å². The Labute approximate surface area is 200 Å². The number of nitrogens with zero attached hydrogens (tertiary/aromatic N) is 1. The molecule has 0 spiro atoms. The van der Waals surface area contributed by atoms with Crippen molar-refractivity contribution in [1.29, 1.82) is 0 Å². The van der Waals surface area contributed by atoms with Gasteiger partial charge in [0.05, 0.1) is 23.9 Å². The number of benzene rings is 3. The third kappa shape index (κ3) is 6.71. The molecule has 3 aromatic carbocycles. The lowest BCUT2D eigenvalue weighted by atomic mass is 10.2. The second-order valence-electron chi connectivity index (χ2n) is 6.73. The largest absolute Gasteiger partial charge is 0.493 e. The summed E-state index contributed by atoms with van der Waals surface area (Å²) in [6.07, 6.45) is 0.633. The first-order chi connectivity index (χ1) is 15.9. The van der Waals surface area contributed by atoms with Gasteiger partial charge >= 0.3 is 5.97 Å². The Hall–Kier alpha value is -3.55. The summed E-state index contributed by atoms with van der Waals surface area (Å²) in [5, 5.41) is 4.73. The van der Waals surface area contributed by atoms with Crippen LogP contribution in [0.3, 0.4) is 0 Å². The zero-order chi connectivity index (χ0) is 23.8. The van der Waals surface area contributed by atoms with E-state index in [0.717, 1.165) is 0 Å². The molecule has 0 aliphatic rings. The highest BCUT2D eigenvalue weighted by Gasteiger charge is 2.16. The zero-order valence-electron chi connectivity index (χ0n) is 17.7. The third-order valence-electron chi connectivity index (χ3n) is 4.35. The lowest BCUT2D eigenvalue weighted by Crippen LogP contribution is -2.33. The Balaban J connectivity index is 1.61. The van der Waals surface area contributed by atoms with Gasteiger partial charge in [-0.25, -0.2) is 10.2 Å². The fourth-order valence-electron chi connectivity index (χ4n) is 2.69. The number of hydrogen-bond acceptors (Lipinski definition) is 6. The molecule has 3 rings (SSSR count). The van der Waals surface area contributed by atoms with Crippen LogP contribution < -0.4 is 19.6 Å². The van der Waals surface area contributed by atoms with Gasteiger partial charge < -0.3 is 14.2 Å². The summed E-state index contributed by atoms with van der Waals surface area (Å²) in [6, 6.07) is 18.1. The summed E-state index contributed by atoms with van der Waals surface area (Å²) in [5.41, 5.74) is 3.25. The monoisotopic (exact) mass is 486 g/mol. The van der Waals surface area contributed by atoms with Crippen molar-refractivity contribution in [1.82, 2.24) is 5.43 Å². The van der Waals surface area contributed by atoms with Gasteiger partial charge in [0.25, 0.3) is 5.91 Å². The predicted octanol–water partition coefficient (Wildman–Crippen LogP) is 5.14. The van der Waals surface area contributed by atoms with Crippen LogP contribution in [0.5, 0.6) is 17.2 Å². The van der Waals surface area contributed by atoms with Crippen LogP contribution in [0.15, 0.2) is 71.8 Å². The minimum Gasteiger partial charge on any atom is -0.493 e. The van der Waals surface area contributed by atoms with Crippen LogP contribution in [0.4, 0.5) is 0 Å². The minimum atomic E-state index is -0.790. The van der Waals surface area contributed by atoms with E-state index in [-0.39, 0.29) is 16.3 Å². The summed E-state index contributed by atoms with van der Waals surface area (Å²) in [4.78, 5) is 24.6. The second kappa shape index (κ2) is 11.4. The summed E-state index contributed by atoms with van der Waals surface area (Å²) < 4.78 is 16.3. The van der Waals surface area contributed by atoms with E-state index < -0.39 is 18.0 Å². The Kier molecular flexibility index (Phi) is 8.29. The summed E-state index contributed by atoms with van der Waals surface area (Å²) >= 11 is 12.0. The highest BCUT2D eigenvalue weighted by molar-refractivity contribution is 6.33. The maximum absolute atomic E-state index is 12.4. The average Bonchev–Trinajstić information content (AvgIpc) is 2.80. The number of rotatable bonds is 8. The number of hydrogen-bond donors (Lipinski definition) is 1. The van der Waals surface area contributed by atoms with Crippen LogP contribution in [0.1, 0.15) is 22.8 Å². The molecule has 9 heteroatoms. The molecule has 0 saturated carbocycles. The van der Waals surface area contributed by atoms with Gasteiger partial charge in [-0.1, -0.05) is 41.4 Å². The first kappa shape index (κ1) is 24.1. The number of hydrazone groups is 1. The van der Waals surface area contributed by atoms with Crippen molar-refractivity contribution in [2.24, 2.45) is 5.10 Å². The van der Waals surface area contributed by atoms with E-state index in [0.29, 0.717) is 22.1 Å². The molecule has 1 atom stereocenters. The molecule has 33 heavy (non-hydrogen) atoms. The van der Waals surface area contributed by atoms with Crippen molar-refractivity contribution < 1.29 is 23.8 Å². The Morgan fingerprint density at radius 3 is 2.52 bits per heavy atom. The molecule has 1 N–H and O–H groups in total. The van der Waals surface area contributed by atoms with E-state index in [4.69, 9.17) is 37.4 Å². The van der Waals surface area contributed by atoms with E-state index in [2.05, 4.69) is 10.5 Å². The number of nitrogens with one attached hydrogen (secondary N) is 1. The van der Waals surface area contributed by atoms with E-state index in [1.165, 1.54) is 13.3 Å². The number of carbonyl (C=O) groups excluding carboxylic acids is 2.